The Bertz CT molecular complexity index is 1080. The topological polar surface area (TPSA) is 91.4 Å². The summed E-state index contributed by atoms with van der Waals surface area (Å²) >= 11 is 0. The van der Waals surface area contributed by atoms with Crippen molar-refractivity contribution in [3.63, 3.8) is 0 Å². The highest BCUT2D eigenvalue weighted by molar-refractivity contribution is 5.87. The highest BCUT2D eigenvalue weighted by atomic mass is 16.5. The van der Waals surface area contributed by atoms with Crippen molar-refractivity contribution in [1.82, 2.24) is 4.90 Å². The molecule has 0 aliphatic heterocycles. The SMILES string of the molecule is COc1cc2c(c(OC)c1OC)-c1ccc(OC)c(=O)cc1C(N(C=O)C(C)=O)CC2. The van der Waals surface area contributed by atoms with Gasteiger partial charge in [0.15, 0.2) is 17.2 Å². The molecule has 2 aromatic carbocycles. The largest absolute Gasteiger partial charge is 0.493 e. The lowest BCUT2D eigenvalue weighted by Gasteiger charge is -2.25. The molecule has 3 rings (SSSR count). The van der Waals surface area contributed by atoms with Crippen molar-refractivity contribution in [2.75, 3.05) is 28.4 Å². The number of amides is 2. The highest BCUT2D eigenvalue weighted by Gasteiger charge is 2.32. The Morgan fingerprint density at radius 1 is 1.00 bits per heavy atom. The molecule has 0 N–H and O–H groups in total. The zero-order chi connectivity index (χ0) is 22.7. The molecule has 2 amide bonds. The molecule has 0 bridgehead atoms. The molecule has 31 heavy (non-hydrogen) atoms. The molecule has 2 aromatic rings. The van der Waals surface area contributed by atoms with Gasteiger partial charge in [0.1, 0.15) is 0 Å². The third-order valence-corrected chi connectivity index (χ3v) is 5.50. The van der Waals surface area contributed by atoms with E-state index in [0.717, 1.165) is 10.5 Å². The molecule has 8 nitrogen and oxygen atoms in total. The highest BCUT2D eigenvalue weighted by Crippen LogP contribution is 2.50. The number of methoxy groups -OCH3 is 4. The number of benzene rings is 1. The summed E-state index contributed by atoms with van der Waals surface area (Å²) < 4.78 is 22.0. The van der Waals surface area contributed by atoms with Gasteiger partial charge < -0.3 is 18.9 Å². The van der Waals surface area contributed by atoms with Gasteiger partial charge in [-0.15, -0.1) is 0 Å². The monoisotopic (exact) mass is 427 g/mol. The molecule has 0 radical (unpaired) electrons. The Kier molecular flexibility index (Phi) is 6.48. The second-order valence-corrected chi connectivity index (χ2v) is 7.04. The summed E-state index contributed by atoms with van der Waals surface area (Å²) in [6.45, 7) is 1.32. The standard InChI is InChI=1S/C23H25NO7/c1-13(26)24(12-25)17-8-6-14-10-20(29-3)22(30-4)23(31-5)21(14)15-7-9-19(28-2)18(27)11-16(15)17/h7,9-12,17H,6,8H2,1-5H3. The lowest BCUT2D eigenvalue weighted by atomic mass is 9.95. The van der Waals surface area contributed by atoms with Crippen LogP contribution in [0.2, 0.25) is 0 Å². The van der Waals surface area contributed by atoms with Gasteiger partial charge >= 0.3 is 0 Å². The average molecular weight is 427 g/mol. The van der Waals surface area contributed by atoms with Crippen LogP contribution in [0.25, 0.3) is 11.1 Å². The number of hydrogen-bond acceptors (Lipinski definition) is 7. The smallest absolute Gasteiger partial charge is 0.226 e. The molecule has 0 spiro atoms. The van der Waals surface area contributed by atoms with Crippen LogP contribution in [0.4, 0.5) is 0 Å². The van der Waals surface area contributed by atoms with Crippen LogP contribution < -0.4 is 24.4 Å². The number of imide groups is 1. The maximum Gasteiger partial charge on any atom is 0.226 e. The van der Waals surface area contributed by atoms with Gasteiger partial charge in [-0.25, -0.2) is 0 Å². The van der Waals surface area contributed by atoms with Gasteiger partial charge in [-0.1, -0.05) is 6.07 Å². The molecule has 0 aromatic heterocycles. The Morgan fingerprint density at radius 3 is 2.23 bits per heavy atom. The van der Waals surface area contributed by atoms with Crippen LogP contribution in [0.3, 0.4) is 0 Å². The molecule has 1 aliphatic rings. The third-order valence-electron chi connectivity index (χ3n) is 5.50. The van der Waals surface area contributed by atoms with Gasteiger partial charge in [0, 0.05) is 12.5 Å². The number of carbonyl (C=O) groups excluding carboxylic acids is 2. The summed E-state index contributed by atoms with van der Waals surface area (Å²) in [7, 11) is 5.99. The fourth-order valence-corrected chi connectivity index (χ4v) is 4.10. The number of aryl methyl sites for hydroxylation is 1. The van der Waals surface area contributed by atoms with E-state index in [2.05, 4.69) is 0 Å². The second-order valence-electron chi connectivity index (χ2n) is 7.04. The number of carbonyl (C=O) groups is 2. The molecular weight excluding hydrogens is 402 g/mol. The van der Waals surface area contributed by atoms with Crippen molar-refractivity contribution < 1.29 is 28.5 Å². The fourth-order valence-electron chi connectivity index (χ4n) is 4.10. The first kappa shape index (κ1) is 22.1. The minimum absolute atomic E-state index is 0.147. The Balaban J connectivity index is 2.46. The van der Waals surface area contributed by atoms with E-state index in [-0.39, 0.29) is 11.2 Å². The van der Waals surface area contributed by atoms with Crippen LogP contribution in [0.5, 0.6) is 23.0 Å². The van der Waals surface area contributed by atoms with Gasteiger partial charge in [0.25, 0.3) is 0 Å². The van der Waals surface area contributed by atoms with E-state index in [1.165, 1.54) is 41.4 Å². The predicted molar refractivity (Wildman–Crippen MR) is 114 cm³/mol. The maximum atomic E-state index is 12.8. The van der Waals surface area contributed by atoms with Crippen LogP contribution in [0.1, 0.15) is 30.5 Å². The van der Waals surface area contributed by atoms with Crippen LogP contribution in [0, 0.1) is 0 Å². The van der Waals surface area contributed by atoms with Crippen molar-refractivity contribution in [3.8, 4) is 34.1 Å². The normalized spacial score (nSPS) is 14.4. The van der Waals surface area contributed by atoms with Crippen LogP contribution in [0.15, 0.2) is 29.1 Å². The molecule has 1 aliphatic carbocycles. The zero-order valence-electron chi connectivity index (χ0n) is 18.2. The van der Waals surface area contributed by atoms with Gasteiger partial charge in [0.05, 0.1) is 34.5 Å². The van der Waals surface area contributed by atoms with E-state index in [1.54, 1.807) is 12.1 Å². The van der Waals surface area contributed by atoms with E-state index >= 15 is 0 Å². The molecule has 0 heterocycles. The van der Waals surface area contributed by atoms with E-state index in [1.807, 2.05) is 6.07 Å². The minimum atomic E-state index is -0.635. The second kappa shape index (κ2) is 9.07. The molecule has 1 atom stereocenters. The number of fused-ring (bicyclic) bond motifs is 3. The Hall–Kier alpha value is -3.55. The van der Waals surface area contributed by atoms with Crippen LogP contribution in [-0.2, 0) is 16.0 Å². The molecule has 0 saturated heterocycles. The maximum absolute atomic E-state index is 12.8. The van der Waals surface area contributed by atoms with E-state index in [4.69, 9.17) is 18.9 Å². The van der Waals surface area contributed by atoms with Gasteiger partial charge in [-0.3, -0.25) is 19.3 Å². The number of rotatable bonds is 6. The van der Waals surface area contributed by atoms with Crippen molar-refractivity contribution >= 4 is 12.3 Å². The van der Waals surface area contributed by atoms with Gasteiger partial charge in [0.2, 0.25) is 23.5 Å². The summed E-state index contributed by atoms with van der Waals surface area (Å²) in [5, 5.41) is 0. The molecule has 1 unspecified atom stereocenters. The summed E-state index contributed by atoms with van der Waals surface area (Å²) in [6.07, 6.45) is 1.43. The Labute approximate surface area is 180 Å². The number of nitrogens with zero attached hydrogens (tertiary/aromatic N) is 1. The zero-order valence-corrected chi connectivity index (χ0v) is 18.2. The van der Waals surface area contributed by atoms with Crippen LogP contribution in [-0.4, -0.2) is 45.7 Å². The fraction of sp³-hybridized carbons (Fsp3) is 0.348. The predicted octanol–water partition coefficient (Wildman–Crippen LogP) is 2.74. The quantitative estimate of drug-likeness (QED) is 0.655. The summed E-state index contributed by atoms with van der Waals surface area (Å²) in [5.41, 5.74) is 2.41. The summed E-state index contributed by atoms with van der Waals surface area (Å²) in [5.74, 6) is 1.09. The first-order chi connectivity index (χ1) is 14.9. The summed E-state index contributed by atoms with van der Waals surface area (Å²) in [6, 6.07) is 5.95. The third kappa shape index (κ3) is 3.81. The van der Waals surface area contributed by atoms with Crippen molar-refractivity contribution in [2.45, 2.75) is 25.8 Å². The first-order valence-corrected chi connectivity index (χ1v) is 9.70. The molecule has 164 valence electrons. The minimum Gasteiger partial charge on any atom is -0.493 e. The van der Waals surface area contributed by atoms with Crippen molar-refractivity contribution in [1.29, 1.82) is 0 Å². The van der Waals surface area contributed by atoms with Gasteiger partial charge in [-0.05, 0) is 47.7 Å². The molecular formula is C23H25NO7. The van der Waals surface area contributed by atoms with E-state index < -0.39 is 11.9 Å². The van der Waals surface area contributed by atoms with E-state index in [0.29, 0.717) is 53.2 Å². The molecule has 0 fully saturated rings. The summed E-state index contributed by atoms with van der Waals surface area (Å²) in [4.78, 5) is 37.9. The average Bonchev–Trinajstić information content (AvgIpc) is 3.01. The van der Waals surface area contributed by atoms with Crippen molar-refractivity contribution in [3.05, 3.63) is 45.6 Å². The Morgan fingerprint density at radius 2 is 1.68 bits per heavy atom. The molecule has 0 saturated carbocycles. The lowest BCUT2D eigenvalue weighted by molar-refractivity contribution is -0.139. The first-order valence-electron chi connectivity index (χ1n) is 9.70. The van der Waals surface area contributed by atoms with Gasteiger partial charge in [-0.2, -0.15) is 0 Å². The van der Waals surface area contributed by atoms with Crippen molar-refractivity contribution in [2.24, 2.45) is 0 Å². The van der Waals surface area contributed by atoms with Crippen LogP contribution >= 0.6 is 0 Å². The molecule has 8 heteroatoms. The lowest BCUT2D eigenvalue weighted by Crippen LogP contribution is -2.32. The number of hydrogen-bond donors (Lipinski definition) is 0. The number of ether oxygens (including phenoxy) is 4. The van der Waals surface area contributed by atoms with E-state index in [9.17, 15) is 14.4 Å².